The largest absolute Gasteiger partial charge is 0.381 e. The van der Waals surface area contributed by atoms with Gasteiger partial charge in [0.2, 0.25) is 0 Å². The van der Waals surface area contributed by atoms with Crippen molar-refractivity contribution in [1.82, 2.24) is 5.32 Å². The minimum atomic E-state index is 0.722. The molecule has 0 amide bonds. The van der Waals surface area contributed by atoms with Gasteiger partial charge in [0.25, 0.3) is 0 Å². The Morgan fingerprint density at radius 1 is 0.882 bits per heavy atom. The molecule has 3 rings (SSSR count). The second-order valence-electron chi connectivity index (χ2n) is 5.24. The molecule has 0 saturated carbocycles. The van der Waals surface area contributed by atoms with E-state index in [0.717, 1.165) is 31.6 Å². The number of hydrogen-bond acceptors (Lipinski definition) is 2. The fourth-order valence-electron chi connectivity index (χ4n) is 3.01. The first kappa shape index (κ1) is 11.2. The molecule has 2 nitrogen and oxygen atoms in total. The van der Waals surface area contributed by atoms with E-state index < -0.39 is 0 Å². The van der Waals surface area contributed by atoms with Gasteiger partial charge >= 0.3 is 0 Å². The number of nitrogens with one attached hydrogen (secondary N) is 1. The van der Waals surface area contributed by atoms with Gasteiger partial charge in [0.1, 0.15) is 0 Å². The third-order valence-electron chi connectivity index (χ3n) is 4.16. The topological polar surface area (TPSA) is 21.3 Å². The van der Waals surface area contributed by atoms with Crippen molar-refractivity contribution in [2.45, 2.75) is 31.1 Å². The van der Waals surface area contributed by atoms with Gasteiger partial charge in [0.05, 0.1) is 0 Å². The predicted molar refractivity (Wildman–Crippen MR) is 69.5 cm³/mol. The molecular weight excluding hydrogens is 210 g/mol. The molecule has 17 heavy (non-hydrogen) atoms. The Morgan fingerprint density at radius 3 is 2.12 bits per heavy atom. The van der Waals surface area contributed by atoms with E-state index in [2.05, 4.69) is 29.6 Å². The molecule has 1 aromatic carbocycles. The molecule has 0 spiro atoms. The summed E-state index contributed by atoms with van der Waals surface area (Å²) in [6.45, 7) is 4.18. The molecule has 2 aliphatic rings. The fraction of sp³-hybridized carbons (Fsp3) is 0.600. The second-order valence-corrected chi connectivity index (χ2v) is 5.24. The summed E-state index contributed by atoms with van der Waals surface area (Å²) in [7, 11) is 0. The molecule has 2 aliphatic heterocycles. The zero-order chi connectivity index (χ0) is 11.5. The lowest BCUT2D eigenvalue weighted by atomic mass is 9.89. The van der Waals surface area contributed by atoms with Crippen LogP contribution in [-0.2, 0) is 4.74 Å². The molecule has 2 heteroatoms. The average molecular weight is 231 g/mol. The van der Waals surface area contributed by atoms with Crippen LogP contribution in [0.5, 0.6) is 0 Å². The van der Waals surface area contributed by atoms with Crippen LogP contribution in [0.25, 0.3) is 0 Å². The van der Waals surface area contributed by atoms with E-state index in [1.165, 1.54) is 36.9 Å². The van der Waals surface area contributed by atoms with Crippen LogP contribution in [0.3, 0.4) is 0 Å². The summed E-state index contributed by atoms with van der Waals surface area (Å²) in [4.78, 5) is 0. The van der Waals surface area contributed by atoms with Crippen molar-refractivity contribution in [3.8, 4) is 0 Å². The van der Waals surface area contributed by atoms with Crippen LogP contribution in [0.2, 0.25) is 0 Å². The van der Waals surface area contributed by atoms with Crippen molar-refractivity contribution in [1.29, 1.82) is 0 Å². The van der Waals surface area contributed by atoms with E-state index in [1.54, 1.807) is 0 Å². The molecule has 2 saturated heterocycles. The van der Waals surface area contributed by atoms with Crippen LogP contribution in [0.4, 0.5) is 0 Å². The van der Waals surface area contributed by atoms with Crippen LogP contribution in [0, 0.1) is 0 Å². The zero-order valence-electron chi connectivity index (χ0n) is 10.3. The van der Waals surface area contributed by atoms with Crippen molar-refractivity contribution in [2.75, 3.05) is 26.3 Å². The van der Waals surface area contributed by atoms with Gasteiger partial charge in [-0.3, -0.25) is 0 Å². The first-order valence-electron chi connectivity index (χ1n) is 6.82. The molecule has 0 aromatic heterocycles. The lowest BCUT2D eigenvalue weighted by Gasteiger charge is -2.22. The van der Waals surface area contributed by atoms with Crippen molar-refractivity contribution >= 4 is 0 Å². The third kappa shape index (κ3) is 2.53. The first-order chi connectivity index (χ1) is 8.43. The molecule has 1 N–H and O–H groups in total. The quantitative estimate of drug-likeness (QED) is 0.845. The first-order valence-corrected chi connectivity index (χ1v) is 6.82. The maximum absolute atomic E-state index is 5.42. The van der Waals surface area contributed by atoms with Gasteiger partial charge < -0.3 is 10.1 Å². The monoisotopic (exact) mass is 231 g/mol. The molecular formula is C15H21NO. The maximum atomic E-state index is 5.42. The van der Waals surface area contributed by atoms with Gasteiger partial charge in [-0.05, 0) is 48.8 Å². The summed E-state index contributed by atoms with van der Waals surface area (Å²) in [5, 5.41) is 3.43. The Balaban J connectivity index is 1.70. The summed E-state index contributed by atoms with van der Waals surface area (Å²) in [6, 6.07) is 9.35. The molecule has 0 aliphatic carbocycles. The highest BCUT2D eigenvalue weighted by atomic mass is 16.5. The van der Waals surface area contributed by atoms with E-state index in [-0.39, 0.29) is 0 Å². The fourth-order valence-corrected chi connectivity index (χ4v) is 3.01. The van der Waals surface area contributed by atoms with Gasteiger partial charge in [-0.1, -0.05) is 24.3 Å². The SMILES string of the molecule is c1cc(C2CCNC2)ccc1C1CCOCC1. The van der Waals surface area contributed by atoms with Gasteiger partial charge in [-0.25, -0.2) is 0 Å². The van der Waals surface area contributed by atoms with Crippen LogP contribution in [0.1, 0.15) is 42.2 Å². The summed E-state index contributed by atoms with van der Waals surface area (Å²) in [5.74, 6) is 1.46. The highest BCUT2D eigenvalue weighted by molar-refractivity contribution is 5.28. The van der Waals surface area contributed by atoms with Gasteiger partial charge in [-0.15, -0.1) is 0 Å². The smallest absolute Gasteiger partial charge is 0.0471 e. The third-order valence-corrected chi connectivity index (χ3v) is 4.16. The van der Waals surface area contributed by atoms with Crippen molar-refractivity contribution in [2.24, 2.45) is 0 Å². The summed E-state index contributed by atoms with van der Waals surface area (Å²) >= 11 is 0. The zero-order valence-corrected chi connectivity index (χ0v) is 10.3. The summed E-state index contributed by atoms with van der Waals surface area (Å²) in [6.07, 6.45) is 3.66. The lowest BCUT2D eigenvalue weighted by Crippen LogP contribution is -2.14. The Morgan fingerprint density at radius 2 is 1.53 bits per heavy atom. The minimum absolute atomic E-state index is 0.722. The molecule has 1 unspecified atom stereocenters. The highest BCUT2D eigenvalue weighted by Crippen LogP contribution is 2.29. The molecule has 92 valence electrons. The Hall–Kier alpha value is -0.860. The van der Waals surface area contributed by atoms with Crippen molar-refractivity contribution < 1.29 is 4.74 Å². The van der Waals surface area contributed by atoms with Crippen LogP contribution in [-0.4, -0.2) is 26.3 Å². The Labute approximate surface area is 103 Å². The predicted octanol–water partition coefficient (Wildman–Crippen LogP) is 2.66. The maximum Gasteiger partial charge on any atom is 0.0471 e. The average Bonchev–Trinajstić information content (AvgIpc) is 2.94. The number of benzene rings is 1. The molecule has 2 heterocycles. The van der Waals surface area contributed by atoms with E-state index in [1.807, 2.05) is 0 Å². The number of ether oxygens (including phenoxy) is 1. The molecule has 2 fully saturated rings. The molecule has 1 atom stereocenters. The van der Waals surface area contributed by atoms with Gasteiger partial charge in [0.15, 0.2) is 0 Å². The van der Waals surface area contributed by atoms with Gasteiger partial charge in [-0.2, -0.15) is 0 Å². The lowest BCUT2D eigenvalue weighted by molar-refractivity contribution is 0.0853. The van der Waals surface area contributed by atoms with Crippen LogP contribution < -0.4 is 5.32 Å². The summed E-state index contributed by atoms with van der Waals surface area (Å²) < 4.78 is 5.42. The van der Waals surface area contributed by atoms with Crippen LogP contribution in [0.15, 0.2) is 24.3 Å². The minimum Gasteiger partial charge on any atom is -0.381 e. The van der Waals surface area contributed by atoms with E-state index in [9.17, 15) is 0 Å². The normalized spacial score (nSPS) is 26.2. The van der Waals surface area contributed by atoms with E-state index in [0.29, 0.717) is 0 Å². The van der Waals surface area contributed by atoms with Gasteiger partial charge in [0, 0.05) is 19.8 Å². The van der Waals surface area contributed by atoms with Crippen LogP contribution >= 0.6 is 0 Å². The Kier molecular flexibility index (Phi) is 3.44. The highest BCUT2D eigenvalue weighted by Gasteiger charge is 2.18. The van der Waals surface area contributed by atoms with Crippen molar-refractivity contribution in [3.05, 3.63) is 35.4 Å². The second kappa shape index (κ2) is 5.19. The van der Waals surface area contributed by atoms with E-state index in [4.69, 9.17) is 4.74 Å². The van der Waals surface area contributed by atoms with Crippen molar-refractivity contribution in [3.63, 3.8) is 0 Å². The Bertz CT molecular complexity index is 348. The number of hydrogen-bond donors (Lipinski definition) is 1. The molecule has 1 aromatic rings. The summed E-state index contributed by atoms with van der Waals surface area (Å²) in [5.41, 5.74) is 3.01. The standard InChI is InChI=1S/C15H21NO/c1-3-13(15-5-8-16-11-15)4-2-12(1)14-6-9-17-10-7-14/h1-4,14-16H,5-11H2. The molecule has 0 radical (unpaired) electrons. The number of rotatable bonds is 2. The van der Waals surface area contributed by atoms with E-state index >= 15 is 0 Å². The molecule has 0 bridgehead atoms.